The van der Waals surface area contributed by atoms with Crippen molar-refractivity contribution in [1.29, 1.82) is 0 Å². The highest BCUT2D eigenvalue weighted by molar-refractivity contribution is 6.11. The van der Waals surface area contributed by atoms with E-state index in [1.807, 2.05) is 12.3 Å². The molecule has 2 aliphatic rings. The maximum absolute atomic E-state index is 4.86. The number of rotatable bonds is 6. The molecule has 2 heteroatoms. The maximum atomic E-state index is 4.86. The lowest BCUT2D eigenvalue weighted by Crippen LogP contribution is -2.18. The predicted molar refractivity (Wildman–Crippen MR) is 228 cm³/mol. The highest BCUT2D eigenvalue weighted by Gasteiger charge is 2.43. The molecule has 8 aromatic rings. The number of hydrogen-bond acceptors (Lipinski definition) is 2. The molecule has 2 nitrogen and oxygen atoms in total. The molecule has 0 N–H and O–H groups in total. The van der Waals surface area contributed by atoms with E-state index in [4.69, 9.17) is 4.98 Å². The summed E-state index contributed by atoms with van der Waals surface area (Å²) < 4.78 is 0. The van der Waals surface area contributed by atoms with Gasteiger partial charge in [-0.15, -0.1) is 0 Å². The molecule has 0 spiro atoms. The summed E-state index contributed by atoms with van der Waals surface area (Å²) in [6.45, 7) is 4.84. The Morgan fingerprint density at radius 1 is 0.574 bits per heavy atom. The Hall–Kier alpha value is -6.51. The van der Waals surface area contributed by atoms with Crippen LogP contribution < -0.4 is 4.90 Å². The van der Waals surface area contributed by atoms with Crippen LogP contribution in [0.5, 0.6) is 0 Å². The lowest BCUT2D eigenvalue weighted by Gasteiger charge is -2.30. The van der Waals surface area contributed by atoms with Crippen molar-refractivity contribution in [2.24, 2.45) is 0 Å². The van der Waals surface area contributed by atoms with Gasteiger partial charge in [0.2, 0.25) is 0 Å². The van der Waals surface area contributed by atoms with Gasteiger partial charge < -0.3 is 4.90 Å². The van der Waals surface area contributed by atoms with E-state index < -0.39 is 0 Å². The number of allylic oxidation sites excluding steroid dienone is 4. The molecule has 0 bridgehead atoms. The van der Waals surface area contributed by atoms with Gasteiger partial charge in [-0.2, -0.15) is 0 Å². The molecule has 258 valence electrons. The molecule has 1 unspecified atom stereocenters. The Balaban J connectivity index is 1.09. The first-order valence-electron chi connectivity index (χ1n) is 19.0. The van der Waals surface area contributed by atoms with Gasteiger partial charge in [-0.05, 0) is 87.2 Å². The first-order valence-corrected chi connectivity index (χ1v) is 19.0. The average Bonchev–Trinajstić information content (AvgIpc) is 3.46. The van der Waals surface area contributed by atoms with Crippen molar-refractivity contribution in [3.8, 4) is 22.3 Å². The molecule has 2 aliphatic carbocycles. The van der Waals surface area contributed by atoms with Gasteiger partial charge in [0.1, 0.15) is 0 Å². The molecule has 1 heterocycles. The summed E-state index contributed by atoms with van der Waals surface area (Å²) in [7, 11) is 0. The van der Waals surface area contributed by atoms with Crippen LogP contribution in [0.25, 0.3) is 49.5 Å². The van der Waals surface area contributed by atoms with Crippen LogP contribution in [0.15, 0.2) is 194 Å². The molecule has 0 amide bonds. The minimum atomic E-state index is -0.151. The van der Waals surface area contributed by atoms with Gasteiger partial charge in [-0.25, -0.2) is 0 Å². The van der Waals surface area contributed by atoms with Crippen molar-refractivity contribution in [2.75, 3.05) is 4.90 Å². The second-order valence-electron chi connectivity index (χ2n) is 15.1. The van der Waals surface area contributed by atoms with E-state index in [9.17, 15) is 0 Å². The second-order valence-corrected chi connectivity index (χ2v) is 15.1. The van der Waals surface area contributed by atoms with E-state index in [1.54, 1.807) is 0 Å². The van der Waals surface area contributed by atoms with Crippen molar-refractivity contribution >= 4 is 44.3 Å². The van der Waals surface area contributed by atoms with Crippen LogP contribution in [0.2, 0.25) is 0 Å². The number of nitrogens with zero attached hydrogens (tertiary/aromatic N) is 2. The Labute approximate surface area is 317 Å². The fraction of sp³-hybridized carbons (Fsp3) is 0.0962. The van der Waals surface area contributed by atoms with Crippen molar-refractivity contribution < 1.29 is 0 Å². The van der Waals surface area contributed by atoms with Crippen molar-refractivity contribution in [1.82, 2.24) is 4.98 Å². The minimum absolute atomic E-state index is 0.151. The minimum Gasteiger partial charge on any atom is -0.310 e. The van der Waals surface area contributed by atoms with Crippen LogP contribution in [0.3, 0.4) is 0 Å². The molecule has 1 atom stereocenters. The molecule has 1 aromatic heterocycles. The standard InChI is InChI=1S/C52H40N2/c1-52(2)47-33-40(44-20-11-17-38-22-23-39-18-12-32-53-51(39)50(38)44)26-30-45(47)46-31-29-42(34-48(46)52)54(41-27-24-36(25-28-41)35-13-5-3-6-14-35)49-21-10-9-19-43(49)37-15-7-4-8-16-37/h3-29,31-34,45H,30H2,1-2H3. The fourth-order valence-corrected chi connectivity index (χ4v) is 9.03. The van der Waals surface area contributed by atoms with Crippen molar-refractivity contribution in [2.45, 2.75) is 31.6 Å². The summed E-state index contributed by atoms with van der Waals surface area (Å²) in [6, 6.07) is 61.7. The summed E-state index contributed by atoms with van der Waals surface area (Å²) in [5.74, 6) is 0.354. The molecule has 7 aromatic carbocycles. The number of benzene rings is 7. The monoisotopic (exact) mass is 692 g/mol. The van der Waals surface area contributed by atoms with E-state index in [-0.39, 0.29) is 5.41 Å². The van der Waals surface area contributed by atoms with Crippen LogP contribution in [-0.4, -0.2) is 4.98 Å². The largest absolute Gasteiger partial charge is 0.310 e. The third-order valence-corrected chi connectivity index (χ3v) is 11.7. The average molecular weight is 693 g/mol. The third-order valence-electron chi connectivity index (χ3n) is 11.7. The van der Waals surface area contributed by atoms with Crippen molar-refractivity contribution in [3.05, 3.63) is 210 Å². The molecule has 0 saturated heterocycles. The quantitative estimate of drug-likeness (QED) is 0.161. The zero-order valence-corrected chi connectivity index (χ0v) is 30.6. The van der Waals surface area contributed by atoms with Gasteiger partial charge in [0.25, 0.3) is 0 Å². The Morgan fingerprint density at radius 2 is 1.24 bits per heavy atom. The highest BCUT2D eigenvalue weighted by Crippen LogP contribution is 2.56. The summed E-state index contributed by atoms with van der Waals surface area (Å²) >= 11 is 0. The Bertz CT molecular complexity index is 2760. The van der Waals surface area contributed by atoms with Gasteiger partial charge in [-0.3, -0.25) is 4.98 Å². The lowest BCUT2D eigenvalue weighted by molar-refractivity contribution is 0.613. The lowest BCUT2D eigenvalue weighted by atomic mass is 9.76. The number of para-hydroxylation sites is 1. The first-order chi connectivity index (χ1) is 26.5. The number of pyridine rings is 1. The molecular weight excluding hydrogens is 653 g/mol. The van der Waals surface area contributed by atoms with Gasteiger partial charge in [0, 0.05) is 45.2 Å². The van der Waals surface area contributed by atoms with Gasteiger partial charge in [-0.1, -0.05) is 165 Å². The molecule has 0 aliphatic heterocycles. The number of anilines is 3. The van der Waals surface area contributed by atoms with Gasteiger partial charge in [0.05, 0.1) is 11.2 Å². The van der Waals surface area contributed by atoms with Crippen LogP contribution in [0.4, 0.5) is 17.1 Å². The zero-order valence-electron chi connectivity index (χ0n) is 30.6. The number of fused-ring (bicyclic) bond motifs is 6. The molecular formula is C52H40N2. The number of hydrogen-bond donors (Lipinski definition) is 0. The van der Waals surface area contributed by atoms with E-state index in [0.717, 1.165) is 29.0 Å². The van der Waals surface area contributed by atoms with Gasteiger partial charge in [0.15, 0.2) is 0 Å². The normalized spacial score (nSPS) is 15.7. The van der Waals surface area contributed by atoms with E-state index in [1.165, 1.54) is 66.2 Å². The van der Waals surface area contributed by atoms with Crippen LogP contribution in [0, 0.1) is 0 Å². The topological polar surface area (TPSA) is 16.1 Å². The first kappa shape index (κ1) is 32.2. The molecule has 0 saturated carbocycles. The molecule has 0 fully saturated rings. The van der Waals surface area contributed by atoms with E-state index >= 15 is 0 Å². The Morgan fingerprint density at radius 3 is 2.06 bits per heavy atom. The summed E-state index contributed by atoms with van der Waals surface area (Å²) in [5.41, 5.74) is 16.1. The highest BCUT2D eigenvalue weighted by atomic mass is 15.1. The second kappa shape index (κ2) is 12.9. The molecule has 10 rings (SSSR count). The zero-order chi connectivity index (χ0) is 36.2. The fourth-order valence-electron chi connectivity index (χ4n) is 9.03. The van der Waals surface area contributed by atoms with Gasteiger partial charge >= 0.3 is 0 Å². The SMILES string of the molecule is CC1(C)C2=CC(c3cccc4ccc5cccnc5c34)=CCC2c2ccc(N(c3ccc(-c4ccccc4)cc3)c3ccccc3-c3ccccc3)cc21. The molecule has 0 radical (unpaired) electrons. The number of aromatic nitrogens is 1. The van der Waals surface area contributed by atoms with Crippen LogP contribution in [-0.2, 0) is 5.41 Å². The van der Waals surface area contributed by atoms with E-state index in [0.29, 0.717) is 5.92 Å². The summed E-state index contributed by atoms with van der Waals surface area (Å²) in [4.78, 5) is 7.31. The predicted octanol–water partition coefficient (Wildman–Crippen LogP) is 14.0. The summed E-state index contributed by atoms with van der Waals surface area (Å²) in [6.07, 6.45) is 7.85. The van der Waals surface area contributed by atoms with Crippen LogP contribution >= 0.6 is 0 Å². The van der Waals surface area contributed by atoms with E-state index in [2.05, 4.69) is 195 Å². The smallest absolute Gasteiger partial charge is 0.0786 e. The third kappa shape index (κ3) is 5.29. The molecule has 54 heavy (non-hydrogen) atoms. The maximum Gasteiger partial charge on any atom is 0.0786 e. The van der Waals surface area contributed by atoms with Crippen molar-refractivity contribution in [3.63, 3.8) is 0 Å². The Kier molecular flexibility index (Phi) is 7.66. The van der Waals surface area contributed by atoms with Crippen LogP contribution in [0.1, 0.15) is 42.9 Å². The summed E-state index contributed by atoms with van der Waals surface area (Å²) in [5, 5.41) is 3.64.